The molecule has 0 saturated heterocycles. The van der Waals surface area contributed by atoms with E-state index in [0.29, 0.717) is 0 Å². The molecule has 1 heterocycles. The van der Waals surface area contributed by atoms with Crippen LogP contribution >= 0.6 is 0 Å². The van der Waals surface area contributed by atoms with E-state index in [4.69, 9.17) is 0 Å². The Hall–Kier alpha value is -1.53. The number of carbonyl (C=O) groups is 1. The normalized spacial score (nSPS) is 10.5. The Kier molecular flexibility index (Phi) is 2.88. The minimum atomic E-state index is -2.54. The molecular formula is C6H8F2N4O. The molecule has 72 valence electrons. The molecule has 0 atom stereocenters. The first-order valence-corrected chi connectivity index (χ1v) is 3.50. The van der Waals surface area contributed by atoms with Crippen LogP contribution in [-0.4, -0.2) is 46.2 Å². The van der Waals surface area contributed by atoms with Crippen molar-refractivity contribution in [2.24, 2.45) is 0 Å². The zero-order valence-electron chi connectivity index (χ0n) is 6.87. The van der Waals surface area contributed by atoms with Gasteiger partial charge in [0, 0.05) is 7.05 Å². The van der Waals surface area contributed by atoms with E-state index in [2.05, 4.69) is 15.4 Å². The summed E-state index contributed by atoms with van der Waals surface area (Å²) in [5.41, 5.74) is 0.0307. The maximum Gasteiger partial charge on any atom is 0.275 e. The van der Waals surface area contributed by atoms with E-state index in [0.717, 1.165) is 4.90 Å². The standard InChI is InChI=1S/C6H8F2N4O/c1-12(3-5(7)8)6(13)4-2-9-11-10-4/h2,5H,3H2,1H3,(H,9,10,11). The Morgan fingerprint density at radius 3 is 2.92 bits per heavy atom. The van der Waals surface area contributed by atoms with Crippen molar-refractivity contribution in [3.05, 3.63) is 11.9 Å². The summed E-state index contributed by atoms with van der Waals surface area (Å²) in [5.74, 6) is -0.575. The molecule has 0 bridgehead atoms. The number of rotatable bonds is 3. The summed E-state index contributed by atoms with van der Waals surface area (Å²) < 4.78 is 23.7. The van der Waals surface area contributed by atoms with Crippen LogP contribution in [0.2, 0.25) is 0 Å². The second-order valence-corrected chi connectivity index (χ2v) is 2.43. The van der Waals surface area contributed by atoms with Crippen molar-refractivity contribution in [3.8, 4) is 0 Å². The van der Waals surface area contributed by atoms with Crippen LogP contribution in [0, 0.1) is 0 Å². The van der Waals surface area contributed by atoms with Gasteiger partial charge in [0.1, 0.15) is 0 Å². The summed E-state index contributed by atoms with van der Waals surface area (Å²) in [6, 6.07) is 0. The highest BCUT2D eigenvalue weighted by atomic mass is 19.3. The smallest absolute Gasteiger partial charge is 0.275 e. The molecule has 0 aromatic carbocycles. The fourth-order valence-corrected chi connectivity index (χ4v) is 0.790. The monoisotopic (exact) mass is 190 g/mol. The molecule has 1 N–H and O–H groups in total. The molecule has 13 heavy (non-hydrogen) atoms. The van der Waals surface area contributed by atoms with Gasteiger partial charge in [-0.2, -0.15) is 15.4 Å². The molecule has 0 fully saturated rings. The fraction of sp³-hybridized carbons (Fsp3) is 0.500. The van der Waals surface area contributed by atoms with Crippen molar-refractivity contribution < 1.29 is 13.6 Å². The first-order valence-electron chi connectivity index (χ1n) is 3.50. The molecule has 1 aromatic rings. The van der Waals surface area contributed by atoms with Gasteiger partial charge in [-0.25, -0.2) is 8.78 Å². The Bertz CT molecular complexity index is 274. The summed E-state index contributed by atoms with van der Waals surface area (Å²) in [6.45, 7) is -0.605. The highest BCUT2D eigenvalue weighted by molar-refractivity contribution is 5.91. The molecule has 1 amide bonds. The molecule has 0 spiro atoms. The third-order valence-electron chi connectivity index (χ3n) is 1.39. The SMILES string of the molecule is CN(CC(F)F)C(=O)c1cn[nH]n1. The molecular weight excluding hydrogens is 182 g/mol. The molecule has 5 nitrogen and oxygen atoms in total. The molecule has 0 aliphatic heterocycles. The van der Waals surface area contributed by atoms with E-state index in [1.54, 1.807) is 0 Å². The molecule has 0 saturated carbocycles. The quantitative estimate of drug-likeness (QED) is 0.737. The number of alkyl halides is 2. The summed E-state index contributed by atoms with van der Waals surface area (Å²) in [7, 11) is 1.28. The van der Waals surface area contributed by atoms with Gasteiger partial charge >= 0.3 is 0 Å². The molecule has 1 aromatic heterocycles. The lowest BCUT2D eigenvalue weighted by molar-refractivity contribution is 0.0615. The van der Waals surface area contributed by atoms with Crippen LogP contribution in [0.3, 0.4) is 0 Å². The van der Waals surface area contributed by atoms with E-state index >= 15 is 0 Å². The van der Waals surface area contributed by atoms with Gasteiger partial charge in [0.05, 0.1) is 12.7 Å². The number of hydrogen-bond acceptors (Lipinski definition) is 3. The average Bonchev–Trinajstić information content (AvgIpc) is 2.53. The van der Waals surface area contributed by atoms with Crippen molar-refractivity contribution in [2.45, 2.75) is 6.43 Å². The average molecular weight is 190 g/mol. The number of aromatic nitrogens is 3. The van der Waals surface area contributed by atoms with Gasteiger partial charge in [-0.1, -0.05) is 0 Å². The number of aromatic amines is 1. The van der Waals surface area contributed by atoms with Crippen molar-refractivity contribution in [1.82, 2.24) is 20.3 Å². The Balaban J connectivity index is 2.58. The van der Waals surface area contributed by atoms with Crippen LogP contribution in [0.15, 0.2) is 6.20 Å². The fourth-order valence-electron chi connectivity index (χ4n) is 0.790. The number of hydrogen-bond donors (Lipinski definition) is 1. The first-order chi connectivity index (χ1) is 6.11. The third-order valence-corrected chi connectivity index (χ3v) is 1.39. The van der Waals surface area contributed by atoms with Crippen molar-refractivity contribution >= 4 is 5.91 Å². The van der Waals surface area contributed by atoms with Crippen LogP contribution in [0.4, 0.5) is 8.78 Å². The van der Waals surface area contributed by atoms with Crippen LogP contribution in [0.5, 0.6) is 0 Å². The van der Waals surface area contributed by atoms with Gasteiger partial charge in [0.2, 0.25) is 0 Å². The van der Waals surface area contributed by atoms with E-state index in [-0.39, 0.29) is 5.69 Å². The maximum absolute atomic E-state index is 11.8. The van der Waals surface area contributed by atoms with Crippen molar-refractivity contribution in [1.29, 1.82) is 0 Å². The summed E-state index contributed by atoms with van der Waals surface area (Å²) in [6.07, 6.45) is -1.36. The highest BCUT2D eigenvalue weighted by Gasteiger charge is 2.17. The predicted octanol–water partition coefficient (Wildman–Crippen LogP) is 0.142. The van der Waals surface area contributed by atoms with Gasteiger partial charge in [-0.15, -0.1) is 0 Å². The van der Waals surface area contributed by atoms with Crippen molar-refractivity contribution in [3.63, 3.8) is 0 Å². The van der Waals surface area contributed by atoms with Crippen LogP contribution in [-0.2, 0) is 0 Å². The number of halogens is 2. The second-order valence-electron chi connectivity index (χ2n) is 2.43. The van der Waals surface area contributed by atoms with Gasteiger partial charge in [0.25, 0.3) is 12.3 Å². The molecule has 0 aliphatic carbocycles. The molecule has 7 heteroatoms. The van der Waals surface area contributed by atoms with Crippen LogP contribution in [0.25, 0.3) is 0 Å². The number of nitrogens with zero attached hydrogens (tertiary/aromatic N) is 3. The van der Waals surface area contributed by atoms with E-state index in [9.17, 15) is 13.6 Å². The molecule has 1 rings (SSSR count). The highest BCUT2D eigenvalue weighted by Crippen LogP contribution is 2.00. The first kappa shape index (κ1) is 9.56. The number of amides is 1. The van der Waals surface area contributed by atoms with Crippen molar-refractivity contribution in [2.75, 3.05) is 13.6 Å². The molecule has 0 radical (unpaired) electrons. The second kappa shape index (κ2) is 3.92. The zero-order chi connectivity index (χ0) is 9.84. The third kappa shape index (κ3) is 2.46. The van der Waals surface area contributed by atoms with Gasteiger partial charge in [-0.05, 0) is 0 Å². The molecule has 0 unspecified atom stereocenters. The van der Waals surface area contributed by atoms with Crippen LogP contribution in [0.1, 0.15) is 10.5 Å². The number of nitrogens with one attached hydrogen (secondary N) is 1. The van der Waals surface area contributed by atoms with Gasteiger partial charge in [-0.3, -0.25) is 4.79 Å². The number of carbonyl (C=O) groups excluding carboxylic acids is 1. The predicted molar refractivity (Wildman–Crippen MR) is 39.3 cm³/mol. The van der Waals surface area contributed by atoms with E-state index in [1.807, 2.05) is 0 Å². The van der Waals surface area contributed by atoms with E-state index < -0.39 is 18.9 Å². The van der Waals surface area contributed by atoms with Gasteiger partial charge in [0.15, 0.2) is 5.69 Å². The molecule has 0 aliphatic rings. The van der Waals surface area contributed by atoms with Gasteiger partial charge < -0.3 is 4.90 Å². The Labute approximate surface area is 72.7 Å². The topological polar surface area (TPSA) is 61.9 Å². The van der Waals surface area contributed by atoms with Crippen LogP contribution < -0.4 is 0 Å². The lowest BCUT2D eigenvalue weighted by Gasteiger charge is -2.14. The zero-order valence-corrected chi connectivity index (χ0v) is 6.87. The minimum absolute atomic E-state index is 0.0307. The lowest BCUT2D eigenvalue weighted by atomic mass is 10.4. The number of H-pyrrole nitrogens is 1. The van der Waals surface area contributed by atoms with E-state index in [1.165, 1.54) is 13.2 Å². The summed E-state index contributed by atoms with van der Waals surface area (Å²) >= 11 is 0. The minimum Gasteiger partial charge on any atom is -0.335 e. The maximum atomic E-state index is 11.8. The largest absolute Gasteiger partial charge is 0.335 e. The lowest BCUT2D eigenvalue weighted by Crippen LogP contribution is -2.31. The Morgan fingerprint density at radius 2 is 2.46 bits per heavy atom. The summed E-state index contributed by atoms with van der Waals surface area (Å²) in [5, 5.41) is 9.09. The Morgan fingerprint density at radius 1 is 1.77 bits per heavy atom. The summed E-state index contributed by atoms with van der Waals surface area (Å²) in [4.78, 5) is 12.1.